The molecule has 0 bridgehead atoms. The van der Waals surface area contributed by atoms with Crippen molar-refractivity contribution in [2.75, 3.05) is 25.1 Å². The average molecular weight is 275 g/mol. The van der Waals surface area contributed by atoms with Crippen LogP contribution in [0, 0.1) is 5.92 Å². The van der Waals surface area contributed by atoms with Crippen LogP contribution in [0.15, 0.2) is 0 Å². The lowest BCUT2D eigenvalue weighted by molar-refractivity contribution is 0.265. The van der Waals surface area contributed by atoms with Crippen molar-refractivity contribution in [1.29, 1.82) is 0 Å². The minimum absolute atomic E-state index is 0.105. The van der Waals surface area contributed by atoms with Gasteiger partial charge in [-0.05, 0) is 30.4 Å². The summed E-state index contributed by atoms with van der Waals surface area (Å²) in [6.07, 6.45) is 1.60. The maximum atomic E-state index is 8.81. The highest BCUT2D eigenvalue weighted by Crippen LogP contribution is 2.12. The van der Waals surface area contributed by atoms with E-state index >= 15 is 0 Å². The van der Waals surface area contributed by atoms with Gasteiger partial charge >= 0.3 is 6.01 Å². The first-order chi connectivity index (χ1) is 8.65. The van der Waals surface area contributed by atoms with Gasteiger partial charge in [-0.2, -0.15) is 15.0 Å². The number of hydrogen-bond donors (Lipinski definition) is 2. The van der Waals surface area contributed by atoms with Crippen molar-refractivity contribution < 1.29 is 9.84 Å². The van der Waals surface area contributed by atoms with E-state index in [1.54, 1.807) is 0 Å². The van der Waals surface area contributed by atoms with Crippen LogP contribution >= 0.6 is 11.6 Å². The number of anilines is 1. The molecule has 1 rings (SSSR count). The molecule has 0 saturated heterocycles. The van der Waals surface area contributed by atoms with E-state index < -0.39 is 0 Å². The highest BCUT2D eigenvalue weighted by atomic mass is 35.5. The van der Waals surface area contributed by atoms with Crippen molar-refractivity contribution in [1.82, 2.24) is 15.0 Å². The molecule has 0 aliphatic heterocycles. The molecule has 1 unspecified atom stereocenters. The SMILES string of the molecule is CCCOc1nc(Cl)nc(NCC(C)CCO)n1. The summed E-state index contributed by atoms with van der Waals surface area (Å²) >= 11 is 5.78. The summed E-state index contributed by atoms with van der Waals surface area (Å²) in [5, 5.41) is 12.0. The Hall–Kier alpha value is -1.14. The smallest absolute Gasteiger partial charge is 0.322 e. The Morgan fingerprint density at radius 3 is 2.83 bits per heavy atom. The normalized spacial score (nSPS) is 12.2. The van der Waals surface area contributed by atoms with Crippen LogP contribution in [0.1, 0.15) is 26.7 Å². The van der Waals surface area contributed by atoms with Gasteiger partial charge in [0.05, 0.1) is 6.61 Å². The maximum absolute atomic E-state index is 8.81. The van der Waals surface area contributed by atoms with Crippen molar-refractivity contribution in [2.24, 2.45) is 5.92 Å². The number of nitrogens with one attached hydrogen (secondary N) is 1. The average Bonchev–Trinajstić information content (AvgIpc) is 2.34. The first-order valence-electron chi connectivity index (χ1n) is 6.04. The van der Waals surface area contributed by atoms with Gasteiger partial charge in [0.2, 0.25) is 11.2 Å². The monoisotopic (exact) mass is 274 g/mol. The predicted octanol–water partition coefficient (Wildman–Crippen LogP) is 1.74. The fourth-order valence-corrected chi connectivity index (χ4v) is 1.41. The minimum Gasteiger partial charge on any atom is -0.463 e. The third-order valence-electron chi connectivity index (χ3n) is 2.25. The molecule has 0 aromatic carbocycles. The number of nitrogens with zero attached hydrogens (tertiary/aromatic N) is 3. The Morgan fingerprint density at radius 1 is 1.39 bits per heavy atom. The largest absolute Gasteiger partial charge is 0.463 e. The van der Waals surface area contributed by atoms with Gasteiger partial charge in [0.25, 0.3) is 0 Å². The molecule has 0 amide bonds. The molecule has 6 nitrogen and oxygen atoms in total. The van der Waals surface area contributed by atoms with Gasteiger partial charge in [0, 0.05) is 13.2 Å². The van der Waals surface area contributed by atoms with Gasteiger partial charge < -0.3 is 15.2 Å². The molecule has 0 fully saturated rings. The standard InChI is InChI=1S/C11H19ClN4O2/c1-3-6-18-11-15-9(12)14-10(16-11)13-7-8(2)4-5-17/h8,17H,3-7H2,1-2H3,(H,13,14,15,16). The van der Waals surface area contributed by atoms with Crippen molar-refractivity contribution in [2.45, 2.75) is 26.7 Å². The molecular weight excluding hydrogens is 256 g/mol. The van der Waals surface area contributed by atoms with Crippen LogP contribution in [0.5, 0.6) is 6.01 Å². The number of halogens is 1. The molecule has 102 valence electrons. The maximum Gasteiger partial charge on any atom is 0.322 e. The van der Waals surface area contributed by atoms with Crippen LogP contribution < -0.4 is 10.1 Å². The fourth-order valence-electron chi connectivity index (χ4n) is 1.26. The summed E-state index contributed by atoms with van der Waals surface area (Å²) in [5.41, 5.74) is 0. The van der Waals surface area contributed by atoms with Crippen LogP contribution in [-0.4, -0.2) is 39.8 Å². The topological polar surface area (TPSA) is 80.2 Å². The third-order valence-corrected chi connectivity index (χ3v) is 2.42. The minimum atomic E-state index is 0.105. The quantitative estimate of drug-likeness (QED) is 0.752. The van der Waals surface area contributed by atoms with E-state index in [0.717, 1.165) is 12.8 Å². The van der Waals surface area contributed by atoms with Gasteiger partial charge in [0.15, 0.2) is 0 Å². The lowest BCUT2D eigenvalue weighted by atomic mass is 10.1. The molecule has 18 heavy (non-hydrogen) atoms. The molecule has 1 aromatic heterocycles. The van der Waals surface area contributed by atoms with Crippen molar-refractivity contribution >= 4 is 17.5 Å². The highest BCUT2D eigenvalue weighted by Gasteiger charge is 2.07. The molecule has 2 N–H and O–H groups in total. The molecule has 0 aliphatic rings. The summed E-state index contributed by atoms with van der Waals surface area (Å²) < 4.78 is 5.30. The summed E-state index contributed by atoms with van der Waals surface area (Å²) in [7, 11) is 0. The van der Waals surface area contributed by atoms with E-state index in [4.69, 9.17) is 21.4 Å². The molecule has 0 aliphatic carbocycles. The van der Waals surface area contributed by atoms with Crippen LogP contribution in [0.2, 0.25) is 5.28 Å². The van der Waals surface area contributed by atoms with Crippen molar-refractivity contribution in [3.05, 3.63) is 5.28 Å². The van der Waals surface area contributed by atoms with Crippen LogP contribution in [-0.2, 0) is 0 Å². The molecule has 1 atom stereocenters. The van der Waals surface area contributed by atoms with E-state index in [2.05, 4.69) is 20.3 Å². The number of aliphatic hydroxyl groups is 1. The van der Waals surface area contributed by atoms with Gasteiger partial charge in [0.1, 0.15) is 0 Å². The van der Waals surface area contributed by atoms with Crippen LogP contribution in [0.3, 0.4) is 0 Å². The summed E-state index contributed by atoms with van der Waals surface area (Å²) in [6, 6.07) is 0.231. The van der Waals surface area contributed by atoms with Crippen molar-refractivity contribution in [3.63, 3.8) is 0 Å². The third kappa shape index (κ3) is 5.46. The Morgan fingerprint density at radius 2 is 2.17 bits per heavy atom. The predicted molar refractivity (Wildman–Crippen MR) is 70.0 cm³/mol. The van der Waals surface area contributed by atoms with E-state index in [9.17, 15) is 0 Å². The number of ether oxygens (including phenoxy) is 1. The molecule has 0 saturated carbocycles. The molecule has 1 heterocycles. The zero-order valence-electron chi connectivity index (χ0n) is 10.7. The number of aliphatic hydroxyl groups excluding tert-OH is 1. The number of rotatable bonds is 8. The first kappa shape index (κ1) is 14.9. The van der Waals surface area contributed by atoms with Crippen LogP contribution in [0.4, 0.5) is 5.95 Å². The molecular formula is C11H19ClN4O2. The lowest BCUT2D eigenvalue weighted by Gasteiger charge is -2.11. The Kier molecular flexibility index (Phi) is 6.67. The molecule has 0 spiro atoms. The highest BCUT2D eigenvalue weighted by molar-refractivity contribution is 6.28. The van der Waals surface area contributed by atoms with Crippen LogP contribution in [0.25, 0.3) is 0 Å². The van der Waals surface area contributed by atoms with E-state index in [1.807, 2.05) is 13.8 Å². The lowest BCUT2D eigenvalue weighted by Crippen LogP contribution is -2.15. The van der Waals surface area contributed by atoms with Gasteiger partial charge in [-0.25, -0.2) is 0 Å². The van der Waals surface area contributed by atoms with Gasteiger partial charge in [-0.15, -0.1) is 0 Å². The van der Waals surface area contributed by atoms with Gasteiger partial charge in [-0.3, -0.25) is 0 Å². The Labute approximate surface area is 112 Å². The summed E-state index contributed by atoms with van der Waals surface area (Å²) in [6.45, 7) is 5.40. The fraction of sp³-hybridized carbons (Fsp3) is 0.727. The zero-order chi connectivity index (χ0) is 13.4. The van der Waals surface area contributed by atoms with Gasteiger partial charge in [-0.1, -0.05) is 13.8 Å². The number of hydrogen-bond acceptors (Lipinski definition) is 6. The molecule has 1 aromatic rings. The number of aromatic nitrogens is 3. The second-order valence-electron chi connectivity index (χ2n) is 4.06. The molecule has 7 heteroatoms. The van der Waals surface area contributed by atoms with E-state index in [-0.39, 0.29) is 17.9 Å². The molecule has 0 radical (unpaired) electrons. The summed E-state index contributed by atoms with van der Waals surface area (Å²) in [4.78, 5) is 11.9. The second-order valence-corrected chi connectivity index (χ2v) is 4.40. The summed E-state index contributed by atoms with van der Waals surface area (Å²) in [5.74, 6) is 0.719. The van der Waals surface area contributed by atoms with Crippen molar-refractivity contribution in [3.8, 4) is 6.01 Å². The van der Waals surface area contributed by atoms with E-state index in [1.165, 1.54) is 0 Å². The van der Waals surface area contributed by atoms with E-state index in [0.29, 0.717) is 25.0 Å². The Bertz CT molecular complexity index is 365. The Balaban J connectivity index is 2.56. The first-order valence-corrected chi connectivity index (χ1v) is 6.42. The zero-order valence-corrected chi connectivity index (χ0v) is 11.4. The second kappa shape index (κ2) is 8.05.